The molecule has 0 aliphatic rings. The first kappa shape index (κ1) is 15.4. The first-order chi connectivity index (χ1) is 10.1. The Hall–Kier alpha value is -2.02. The fourth-order valence-corrected chi connectivity index (χ4v) is 3.08. The summed E-state index contributed by atoms with van der Waals surface area (Å²) in [5.41, 5.74) is 2.08. The Morgan fingerprint density at radius 3 is 3.00 bits per heavy atom. The SMILES string of the molecule is Cn1nc(CSCCC(NC=O)C(=O)O)c2ccccc21. The normalized spacial score (nSPS) is 12.2. The Bertz CT molecular complexity index is 641. The van der Waals surface area contributed by atoms with Crippen LogP contribution in [0.3, 0.4) is 0 Å². The molecule has 1 amide bonds. The summed E-state index contributed by atoms with van der Waals surface area (Å²) < 4.78 is 1.85. The number of para-hydroxylation sites is 1. The number of benzene rings is 1. The predicted molar refractivity (Wildman–Crippen MR) is 82.1 cm³/mol. The minimum Gasteiger partial charge on any atom is -0.480 e. The number of aromatic nitrogens is 2. The molecule has 2 rings (SSSR count). The summed E-state index contributed by atoms with van der Waals surface area (Å²) in [7, 11) is 1.91. The maximum atomic E-state index is 10.9. The van der Waals surface area contributed by atoms with Crippen LogP contribution in [0.15, 0.2) is 24.3 Å². The molecule has 1 unspecified atom stereocenters. The molecular formula is C14H17N3O3S. The second-order valence-electron chi connectivity index (χ2n) is 4.60. The number of nitrogens with one attached hydrogen (secondary N) is 1. The Kier molecular flexibility index (Phi) is 5.21. The first-order valence-electron chi connectivity index (χ1n) is 6.54. The number of hydrogen-bond donors (Lipinski definition) is 2. The van der Waals surface area contributed by atoms with Crippen molar-refractivity contribution < 1.29 is 14.7 Å². The predicted octanol–water partition coefficient (Wildman–Crippen LogP) is 1.40. The number of amides is 1. The highest BCUT2D eigenvalue weighted by Gasteiger charge is 2.15. The van der Waals surface area contributed by atoms with E-state index in [9.17, 15) is 9.59 Å². The molecule has 2 N–H and O–H groups in total. The molecule has 1 heterocycles. The van der Waals surface area contributed by atoms with Crippen molar-refractivity contribution in [1.29, 1.82) is 0 Å². The van der Waals surface area contributed by atoms with E-state index in [1.54, 1.807) is 11.8 Å². The minimum atomic E-state index is -1.01. The van der Waals surface area contributed by atoms with E-state index in [0.29, 0.717) is 18.6 Å². The molecule has 0 saturated heterocycles. The zero-order valence-corrected chi connectivity index (χ0v) is 12.5. The standard InChI is InChI=1S/C14H17N3O3S/c1-17-13-5-3-2-4-10(13)12(16-17)8-21-7-6-11(14(19)20)15-9-18/h2-5,9,11H,6-8H2,1H3,(H,15,18)(H,19,20). The summed E-state index contributed by atoms with van der Waals surface area (Å²) in [6.07, 6.45) is 0.819. The Morgan fingerprint density at radius 1 is 1.52 bits per heavy atom. The van der Waals surface area contributed by atoms with Crippen molar-refractivity contribution in [2.75, 3.05) is 5.75 Å². The zero-order valence-electron chi connectivity index (χ0n) is 11.7. The van der Waals surface area contributed by atoms with Crippen LogP contribution in [0.1, 0.15) is 12.1 Å². The largest absolute Gasteiger partial charge is 0.480 e. The molecule has 0 bridgehead atoms. The molecule has 0 saturated carbocycles. The van der Waals surface area contributed by atoms with E-state index in [0.717, 1.165) is 22.3 Å². The van der Waals surface area contributed by atoms with Gasteiger partial charge in [-0.15, -0.1) is 0 Å². The molecule has 0 radical (unpaired) electrons. The lowest BCUT2D eigenvalue weighted by atomic mass is 10.2. The molecule has 0 fully saturated rings. The summed E-state index contributed by atoms with van der Waals surface area (Å²) in [5.74, 6) is 0.350. The van der Waals surface area contributed by atoms with Gasteiger partial charge in [-0.1, -0.05) is 18.2 Å². The van der Waals surface area contributed by atoms with Gasteiger partial charge in [-0.2, -0.15) is 16.9 Å². The van der Waals surface area contributed by atoms with Crippen LogP contribution in [0.5, 0.6) is 0 Å². The lowest BCUT2D eigenvalue weighted by molar-refractivity contribution is -0.140. The molecule has 6 nitrogen and oxygen atoms in total. The Labute approximate surface area is 126 Å². The van der Waals surface area contributed by atoms with Crippen LogP contribution in [0.2, 0.25) is 0 Å². The van der Waals surface area contributed by atoms with Crippen LogP contribution in [-0.4, -0.2) is 39.1 Å². The van der Waals surface area contributed by atoms with Gasteiger partial charge in [0.15, 0.2) is 0 Å². The molecule has 1 atom stereocenters. The number of aliphatic carboxylic acids is 1. The van der Waals surface area contributed by atoms with Gasteiger partial charge in [0.1, 0.15) is 6.04 Å². The number of carbonyl (C=O) groups is 2. The lowest BCUT2D eigenvalue weighted by Gasteiger charge is -2.09. The highest BCUT2D eigenvalue weighted by Crippen LogP contribution is 2.22. The van der Waals surface area contributed by atoms with Crippen LogP contribution in [0, 0.1) is 0 Å². The average Bonchev–Trinajstić information content (AvgIpc) is 2.79. The van der Waals surface area contributed by atoms with E-state index in [2.05, 4.69) is 10.4 Å². The number of thioether (sulfide) groups is 1. The summed E-state index contributed by atoms with van der Waals surface area (Å²) in [6.45, 7) is 0. The van der Waals surface area contributed by atoms with Gasteiger partial charge in [0.2, 0.25) is 6.41 Å². The number of carboxylic acids is 1. The average molecular weight is 307 g/mol. The number of aryl methyl sites for hydroxylation is 1. The van der Waals surface area contributed by atoms with Crippen LogP contribution in [-0.2, 0) is 22.4 Å². The van der Waals surface area contributed by atoms with E-state index >= 15 is 0 Å². The lowest BCUT2D eigenvalue weighted by Crippen LogP contribution is -2.36. The quantitative estimate of drug-likeness (QED) is 0.569. The minimum absolute atomic E-state index is 0.392. The van der Waals surface area contributed by atoms with Crippen LogP contribution >= 0.6 is 11.8 Å². The third-order valence-corrected chi connectivity index (χ3v) is 4.19. The van der Waals surface area contributed by atoms with E-state index in [4.69, 9.17) is 5.11 Å². The Balaban J connectivity index is 1.91. The fourth-order valence-electron chi connectivity index (χ4n) is 2.13. The van der Waals surface area contributed by atoms with E-state index in [-0.39, 0.29) is 0 Å². The van der Waals surface area contributed by atoms with Gasteiger partial charge in [0.05, 0.1) is 11.2 Å². The second kappa shape index (κ2) is 7.12. The monoisotopic (exact) mass is 307 g/mol. The molecule has 112 valence electrons. The van der Waals surface area contributed by atoms with Crippen molar-refractivity contribution in [3.05, 3.63) is 30.0 Å². The van der Waals surface area contributed by atoms with E-state index in [1.807, 2.05) is 36.0 Å². The molecule has 0 spiro atoms. The van der Waals surface area contributed by atoms with Gasteiger partial charge < -0.3 is 10.4 Å². The van der Waals surface area contributed by atoms with Crippen molar-refractivity contribution in [3.63, 3.8) is 0 Å². The summed E-state index contributed by atoms with van der Waals surface area (Å²) >= 11 is 1.61. The molecule has 0 aliphatic carbocycles. The van der Waals surface area contributed by atoms with Crippen molar-refractivity contribution in [2.24, 2.45) is 7.05 Å². The maximum absolute atomic E-state index is 10.9. The highest BCUT2D eigenvalue weighted by molar-refractivity contribution is 7.98. The van der Waals surface area contributed by atoms with Crippen molar-refractivity contribution in [2.45, 2.75) is 18.2 Å². The van der Waals surface area contributed by atoms with Gasteiger partial charge in [-0.3, -0.25) is 9.48 Å². The van der Waals surface area contributed by atoms with E-state index in [1.165, 1.54) is 0 Å². The number of carboxylic acid groups (broad SMARTS) is 1. The summed E-state index contributed by atoms with van der Waals surface area (Å²) in [4.78, 5) is 21.2. The Morgan fingerprint density at radius 2 is 2.29 bits per heavy atom. The molecule has 0 aliphatic heterocycles. The molecule has 2 aromatic rings. The number of rotatable bonds is 8. The molecular weight excluding hydrogens is 290 g/mol. The number of nitrogens with zero attached hydrogens (tertiary/aromatic N) is 2. The third-order valence-electron chi connectivity index (χ3n) is 3.19. The van der Waals surface area contributed by atoms with Crippen molar-refractivity contribution in [3.8, 4) is 0 Å². The molecule has 7 heteroatoms. The first-order valence-corrected chi connectivity index (χ1v) is 7.70. The van der Waals surface area contributed by atoms with Crippen molar-refractivity contribution in [1.82, 2.24) is 15.1 Å². The van der Waals surface area contributed by atoms with Crippen molar-refractivity contribution >= 4 is 35.0 Å². The number of carbonyl (C=O) groups excluding carboxylic acids is 1. The fraction of sp³-hybridized carbons (Fsp3) is 0.357. The number of hydrogen-bond acceptors (Lipinski definition) is 4. The van der Waals surface area contributed by atoms with Gasteiger partial charge in [-0.05, 0) is 18.2 Å². The van der Waals surface area contributed by atoms with Crippen LogP contribution in [0.4, 0.5) is 0 Å². The van der Waals surface area contributed by atoms with Crippen LogP contribution in [0.25, 0.3) is 10.9 Å². The van der Waals surface area contributed by atoms with Gasteiger partial charge in [0.25, 0.3) is 0 Å². The summed E-state index contributed by atoms with van der Waals surface area (Å²) in [6, 6.07) is 7.18. The number of fused-ring (bicyclic) bond motifs is 1. The van der Waals surface area contributed by atoms with Gasteiger partial charge in [-0.25, -0.2) is 4.79 Å². The maximum Gasteiger partial charge on any atom is 0.326 e. The molecule has 1 aromatic carbocycles. The van der Waals surface area contributed by atoms with Gasteiger partial charge in [0, 0.05) is 18.2 Å². The smallest absolute Gasteiger partial charge is 0.326 e. The molecule has 1 aromatic heterocycles. The van der Waals surface area contributed by atoms with Crippen LogP contribution < -0.4 is 5.32 Å². The highest BCUT2D eigenvalue weighted by atomic mass is 32.2. The summed E-state index contributed by atoms with van der Waals surface area (Å²) in [5, 5.41) is 16.8. The van der Waals surface area contributed by atoms with Gasteiger partial charge >= 0.3 is 5.97 Å². The molecule has 21 heavy (non-hydrogen) atoms. The zero-order chi connectivity index (χ0) is 15.2. The van der Waals surface area contributed by atoms with E-state index < -0.39 is 12.0 Å². The topological polar surface area (TPSA) is 84.2 Å². The second-order valence-corrected chi connectivity index (χ2v) is 5.71. The third kappa shape index (κ3) is 3.75.